The van der Waals surface area contributed by atoms with Crippen LogP contribution in [-0.4, -0.2) is 34.8 Å². The monoisotopic (exact) mass is 382 g/mol. The molecule has 1 aromatic heterocycles. The number of aromatic carboxylic acids is 1. The van der Waals surface area contributed by atoms with Gasteiger partial charge in [-0.2, -0.15) is 0 Å². The van der Waals surface area contributed by atoms with E-state index in [4.69, 9.17) is 9.84 Å². The molecule has 0 atom stereocenters. The number of hydrogen-bond donors (Lipinski definition) is 2. The number of carbonyl (C=O) groups excluding carboxylic acids is 1. The Morgan fingerprint density at radius 1 is 1.19 bits per heavy atom. The number of thioether (sulfide) groups is 1. The predicted octanol–water partition coefficient (Wildman–Crippen LogP) is 3.98. The SMILES string of the molecule is COc1cccc2c(C)cc(SCC(=O)Nc3ccc(C(=O)O)cc3)nc12. The number of para-hydroxylation sites is 1. The lowest BCUT2D eigenvalue weighted by Gasteiger charge is -2.10. The van der Waals surface area contributed by atoms with E-state index in [1.807, 2.05) is 31.2 Å². The summed E-state index contributed by atoms with van der Waals surface area (Å²) >= 11 is 1.33. The van der Waals surface area contributed by atoms with Gasteiger partial charge in [0.1, 0.15) is 11.3 Å². The molecule has 27 heavy (non-hydrogen) atoms. The number of anilines is 1. The van der Waals surface area contributed by atoms with E-state index in [2.05, 4.69) is 10.3 Å². The van der Waals surface area contributed by atoms with Gasteiger partial charge in [-0.25, -0.2) is 9.78 Å². The quantitative estimate of drug-likeness (QED) is 0.627. The van der Waals surface area contributed by atoms with Crippen molar-refractivity contribution in [1.82, 2.24) is 4.98 Å². The summed E-state index contributed by atoms with van der Waals surface area (Å²) in [5.74, 6) is -0.311. The predicted molar refractivity (Wildman–Crippen MR) is 106 cm³/mol. The van der Waals surface area contributed by atoms with Gasteiger partial charge >= 0.3 is 5.97 Å². The Labute approximate surface area is 160 Å². The van der Waals surface area contributed by atoms with Gasteiger partial charge in [0, 0.05) is 11.1 Å². The number of rotatable bonds is 6. The second-order valence-electron chi connectivity index (χ2n) is 5.85. The zero-order chi connectivity index (χ0) is 19.4. The first-order valence-electron chi connectivity index (χ1n) is 8.18. The van der Waals surface area contributed by atoms with Gasteiger partial charge in [0.15, 0.2) is 0 Å². The van der Waals surface area contributed by atoms with Crippen LogP contribution in [0.4, 0.5) is 5.69 Å². The van der Waals surface area contributed by atoms with Crippen LogP contribution in [0, 0.1) is 6.92 Å². The molecule has 0 aliphatic rings. The third-order valence-electron chi connectivity index (χ3n) is 3.97. The number of nitrogens with one attached hydrogen (secondary N) is 1. The second-order valence-corrected chi connectivity index (χ2v) is 6.85. The average Bonchev–Trinajstić information content (AvgIpc) is 2.66. The molecule has 7 heteroatoms. The summed E-state index contributed by atoms with van der Waals surface area (Å²) in [5.41, 5.74) is 2.56. The maximum atomic E-state index is 12.2. The fourth-order valence-electron chi connectivity index (χ4n) is 2.63. The summed E-state index contributed by atoms with van der Waals surface area (Å²) in [6.45, 7) is 2.00. The second kappa shape index (κ2) is 8.09. The summed E-state index contributed by atoms with van der Waals surface area (Å²) in [6, 6.07) is 13.7. The van der Waals surface area contributed by atoms with Crippen molar-refractivity contribution in [1.29, 1.82) is 0 Å². The maximum Gasteiger partial charge on any atom is 0.335 e. The standard InChI is InChI=1S/C20H18N2O4S/c1-12-10-18(22-19-15(12)4-3-5-16(19)26-2)27-11-17(23)21-14-8-6-13(7-9-14)20(24)25/h3-10H,11H2,1-2H3,(H,21,23)(H,24,25). The molecule has 3 rings (SSSR count). The fourth-order valence-corrected chi connectivity index (χ4v) is 3.40. The summed E-state index contributed by atoms with van der Waals surface area (Å²) < 4.78 is 5.38. The minimum absolute atomic E-state index is 0.173. The van der Waals surface area contributed by atoms with Crippen LogP contribution in [0.25, 0.3) is 10.9 Å². The van der Waals surface area contributed by atoms with Crippen LogP contribution in [0.5, 0.6) is 5.75 Å². The summed E-state index contributed by atoms with van der Waals surface area (Å²) in [7, 11) is 1.61. The van der Waals surface area contributed by atoms with Gasteiger partial charge in [0.25, 0.3) is 0 Å². The van der Waals surface area contributed by atoms with Crippen LogP contribution in [-0.2, 0) is 4.79 Å². The van der Waals surface area contributed by atoms with Crippen LogP contribution in [0.2, 0.25) is 0 Å². The van der Waals surface area contributed by atoms with E-state index in [0.29, 0.717) is 11.4 Å². The smallest absolute Gasteiger partial charge is 0.335 e. The number of aryl methyl sites for hydroxylation is 1. The van der Waals surface area contributed by atoms with E-state index >= 15 is 0 Å². The van der Waals surface area contributed by atoms with E-state index in [1.54, 1.807) is 19.2 Å². The van der Waals surface area contributed by atoms with E-state index in [1.165, 1.54) is 23.9 Å². The van der Waals surface area contributed by atoms with Crippen LogP contribution in [0.1, 0.15) is 15.9 Å². The van der Waals surface area contributed by atoms with Crippen LogP contribution < -0.4 is 10.1 Å². The molecule has 0 aliphatic heterocycles. The molecule has 0 spiro atoms. The first kappa shape index (κ1) is 18.7. The first-order chi connectivity index (χ1) is 13.0. The molecule has 2 aromatic carbocycles. The third kappa shape index (κ3) is 4.38. The zero-order valence-corrected chi connectivity index (χ0v) is 15.7. The number of carboxylic acid groups (broad SMARTS) is 1. The highest BCUT2D eigenvalue weighted by Gasteiger charge is 2.10. The Hall–Kier alpha value is -3.06. The van der Waals surface area contributed by atoms with Gasteiger partial charge in [-0.3, -0.25) is 4.79 Å². The molecule has 2 N–H and O–H groups in total. The normalized spacial score (nSPS) is 10.6. The van der Waals surface area contributed by atoms with Crippen molar-refractivity contribution in [2.75, 3.05) is 18.2 Å². The molecule has 0 aliphatic carbocycles. The Bertz CT molecular complexity index is 1000. The molecule has 0 saturated heterocycles. The summed E-state index contributed by atoms with van der Waals surface area (Å²) in [5, 5.41) is 13.4. The highest BCUT2D eigenvalue weighted by Crippen LogP contribution is 2.29. The van der Waals surface area contributed by atoms with E-state index in [9.17, 15) is 9.59 Å². The minimum atomic E-state index is -1.00. The molecule has 0 saturated carbocycles. The third-order valence-corrected chi connectivity index (χ3v) is 4.88. The van der Waals surface area contributed by atoms with Crippen molar-refractivity contribution in [2.24, 2.45) is 0 Å². The molecule has 0 radical (unpaired) electrons. The van der Waals surface area contributed by atoms with E-state index in [0.717, 1.165) is 21.5 Å². The van der Waals surface area contributed by atoms with Crippen molar-refractivity contribution in [3.63, 3.8) is 0 Å². The van der Waals surface area contributed by atoms with Crippen LogP contribution in [0.15, 0.2) is 53.6 Å². The molecule has 138 valence electrons. The van der Waals surface area contributed by atoms with Crippen LogP contribution >= 0.6 is 11.8 Å². The zero-order valence-electron chi connectivity index (χ0n) is 14.9. The lowest BCUT2D eigenvalue weighted by atomic mass is 10.1. The molecule has 1 amide bonds. The number of pyridine rings is 1. The van der Waals surface area contributed by atoms with Crippen molar-refractivity contribution >= 4 is 40.2 Å². The molecule has 0 unspecified atom stereocenters. The van der Waals surface area contributed by atoms with Crippen molar-refractivity contribution in [2.45, 2.75) is 11.9 Å². The number of benzene rings is 2. The number of amides is 1. The summed E-state index contributed by atoms with van der Waals surface area (Å²) in [4.78, 5) is 27.6. The van der Waals surface area contributed by atoms with Gasteiger partial charge in [0.2, 0.25) is 5.91 Å². The number of ether oxygens (including phenoxy) is 1. The van der Waals surface area contributed by atoms with E-state index in [-0.39, 0.29) is 17.2 Å². The van der Waals surface area contributed by atoms with Gasteiger partial charge in [-0.1, -0.05) is 23.9 Å². The molecular weight excluding hydrogens is 364 g/mol. The molecule has 1 heterocycles. The van der Waals surface area contributed by atoms with Gasteiger partial charge < -0.3 is 15.2 Å². The van der Waals surface area contributed by atoms with Crippen molar-refractivity contribution < 1.29 is 19.4 Å². The van der Waals surface area contributed by atoms with Gasteiger partial charge in [0.05, 0.1) is 23.5 Å². The number of carboxylic acids is 1. The molecule has 3 aromatic rings. The lowest BCUT2D eigenvalue weighted by molar-refractivity contribution is -0.113. The number of methoxy groups -OCH3 is 1. The number of aromatic nitrogens is 1. The molecular formula is C20H18N2O4S. The largest absolute Gasteiger partial charge is 0.494 e. The number of nitrogens with zero attached hydrogens (tertiary/aromatic N) is 1. The molecule has 0 bridgehead atoms. The Morgan fingerprint density at radius 2 is 1.93 bits per heavy atom. The maximum absolute atomic E-state index is 12.2. The first-order valence-corrected chi connectivity index (χ1v) is 9.17. The molecule has 6 nitrogen and oxygen atoms in total. The van der Waals surface area contributed by atoms with Gasteiger partial charge in [-0.15, -0.1) is 0 Å². The minimum Gasteiger partial charge on any atom is -0.494 e. The number of hydrogen-bond acceptors (Lipinski definition) is 5. The average molecular weight is 382 g/mol. The Morgan fingerprint density at radius 3 is 2.59 bits per heavy atom. The number of carbonyl (C=O) groups is 2. The fraction of sp³-hybridized carbons (Fsp3) is 0.150. The summed E-state index contributed by atoms with van der Waals surface area (Å²) in [6.07, 6.45) is 0. The molecule has 0 fully saturated rings. The highest BCUT2D eigenvalue weighted by molar-refractivity contribution is 7.99. The van der Waals surface area contributed by atoms with Crippen LogP contribution in [0.3, 0.4) is 0 Å². The highest BCUT2D eigenvalue weighted by atomic mass is 32.2. The number of fused-ring (bicyclic) bond motifs is 1. The Kier molecular flexibility index (Phi) is 5.61. The lowest BCUT2D eigenvalue weighted by Crippen LogP contribution is -2.14. The van der Waals surface area contributed by atoms with E-state index < -0.39 is 5.97 Å². The van der Waals surface area contributed by atoms with Crippen molar-refractivity contribution in [3.8, 4) is 5.75 Å². The van der Waals surface area contributed by atoms with Gasteiger partial charge in [-0.05, 0) is 48.9 Å². The topological polar surface area (TPSA) is 88.5 Å². The van der Waals surface area contributed by atoms with Crippen molar-refractivity contribution in [3.05, 3.63) is 59.7 Å². The Balaban J connectivity index is 1.69.